The SMILES string of the molecule is COc1ccc(C2=CC=CC(N3CNCc4cnc(N(C(=O)[C@@H](N)CCCCN)c5ccccc5)nc43)C2=O)cc1.Cl.Cl. The van der Waals surface area contributed by atoms with Gasteiger partial charge >= 0.3 is 0 Å². The smallest absolute Gasteiger partial charge is 0.250 e. The summed E-state index contributed by atoms with van der Waals surface area (Å²) >= 11 is 0. The lowest BCUT2D eigenvalue weighted by Gasteiger charge is -2.36. The number of para-hydroxylation sites is 1. The van der Waals surface area contributed by atoms with E-state index in [1.54, 1.807) is 13.3 Å². The van der Waals surface area contributed by atoms with Crippen molar-refractivity contribution in [3.63, 3.8) is 0 Å². The number of hydrogen-bond acceptors (Lipinski definition) is 9. The third kappa shape index (κ3) is 7.41. The zero-order valence-corrected chi connectivity index (χ0v) is 25.5. The number of benzene rings is 2. The maximum absolute atomic E-state index is 13.8. The molecule has 1 aliphatic carbocycles. The van der Waals surface area contributed by atoms with Gasteiger partial charge in [-0.15, -0.1) is 24.8 Å². The molecule has 228 valence electrons. The van der Waals surface area contributed by atoms with Crippen molar-refractivity contribution in [3.05, 3.63) is 90.1 Å². The minimum atomic E-state index is -0.737. The van der Waals surface area contributed by atoms with Crippen molar-refractivity contribution < 1.29 is 14.3 Å². The normalized spacial score (nSPS) is 16.3. The number of aromatic nitrogens is 2. The van der Waals surface area contributed by atoms with Crippen molar-refractivity contribution >= 4 is 59.5 Å². The molecule has 10 nitrogen and oxygen atoms in total. The molecule has 2 aromatic carbocycles. The van der Waals surface area contributed by atoms with E-state index in [-0.39, 0.29) is 42.5 Å². The highest BCUT2D eigenvalue weighted by Gasteiger charge is 2.34. The van der Waals surface area contributed by atoms with E-state index in [1.807, 2.05) is 77.7 Å². The number of allylic oxidation sites excluding steroid dienone is 2. The summed E-state index contributed by atoms with van der Waals surface area (Å²) in [6.45, 7) is 1.48. The highest BCUT2D eigenvalue weighted by Crippen LogP contribution is 2.32. The molecule has 0 radical (unpaired) electrons. The summed E-state index contributed by atoms with van der Waals surface area (Å²) in [6, 6.07) is 15.3. The van der Waals surface area contributed by atoms with Crippen molar-refractivity contribution in [1.82, 2.24) is 15.3 Å². The zero-order chi connectivity index (χ0) is 28.8. The molecule has 43 heavy (non-hydrogen) atoms. The van der Waals surface area contributed by atoms with E-state index < -0.39 is 12.1 Å². The molecule has 0 saturated carbocycles. The number of unbranched alkanes of at least 4 members (excludes halogenated alkanes) is 1. The van der Waals surface area contributed by atoms with E-state index in [0.717, 1.165) is 29.7 Å². The van der Waals surface area contributed by atoms with E-state index in [1.165, 1.54) is 4.90 Å². The molecule has 12 heteroatoms. The quantitative estimate of drug-likeness (QED) is 0.286. The topological polar surface area (TPSA) is 140 Å². The van der Waals surface area contributed by atoms with Gasteiger partial charge in [0.2, 0.25) is 5.95 Å². The molecular weight excluding hydrogens is 589 g/mol. The second-order valence-electron chi connectivity index (χ2n) is 9.98. The first-order valence-corrected chi connectivity index (χ1v) is 13.8. The van der Waals surface area contributed by atoms with Gasteiger partial charge < -0.3 is 21.1 Å². The summed E-state index contributed by atoms with van der Waals surface area (Å²) in [7, 11) is 1.61. The number of anilines is 3. The first-order chi connectivity index (χ1) is 20.0. The largest absolute Gasteiger partial charge is 0.497 e. The standard InChI is InChI=1S/C31H35N7O3.2ClH/c1-41-24-15-13-21(14-16-24)25-10-7-12-27(28(25)39)37-20-34-18-22-19-35-31(36-29(22)37)38(23-8-3-2-4-9-23)30(40)26(33)11-5-6-17-32;;/h2-4,7-10,12-16,19,26-27,34H,5-6,11,17-18,20,32-33H2,1H3;2*1H/t26-,27?;;/m0../s1. The summed E-state index contributed by atoms with van der Waals surface area (Å²) in [6.07, 6.45) is 9.32. The van der Waals surface area contributed by atoms with Gasteiger partial charge in [-0.2, -0.15) is 4.98 Å². The fraction of sp³-hybridized carbons (Fsp3) is 0.290. The van der Waals surface area contributed by atoms with Crippen molar-refractivity contribution in [2.75, 3.05) is 30.1 Å². The Hall–Kier alpha value is -3.80. The van der Waals surface area contributed by atoms with Gasteiger partial charge in [-0.25, -0.2) is 9.88 Å². The Labute approximate surface area is 264 Å². The fourth-order valence-corrected chi connectivity index (χ4v) is 5.04. The highest BCUT2D eigenvalue weighted by atomic mass is 35.5. The average Bonchev–Trinajstić information content (AvgIpc) is 3.01. The molecule has 2 heterocycles. The van der Waals surface area contributed by atoms with Crippen LogP contribution in [-0.4, -0.2) is 54.1 Å². The lowest BCUT2D eigenvalue weighted by molar-refractivity contribution is -0.119. The Morgan fingerprint density at radius 2 is 1.88 bits per heavy atom. The predicted octanol–water partition coefficient (Wildman–Crippen LogP) is 3.91. The molecule has 2 atom stereocenters. The van der Waals surface area contributed by atoms with Crippen LogP contribution in [-0.2, 0) is 16.1 Å². The first kappa shape index (κ1) is 33.7. The number of carbonyl (C=O) groups is 2. The summed E-state index contributed by atoms with van der Waals surface area (Å²) in [5.41, 5.74) is 14.8. The van der Waals surface area contributed by atoms with Crippen LogP contribution in [0.3, 0.4) is 0 Å². The lowest BCUT2D eigenvalue weighted by Crippen LogP contribution is -2.49. The van der Waals surface area contributed by atoms with Crippen LogP contribution in [0.15, 0.2) is 79.0 Å². The summed E-state index contributed by atoms with van der Waals surface area (Å²) in [5, 5.41) is 3.34. The van der Waals surface area contributed by atoms with Gasteiger partial charge in [0.1, 0.15) is 17.6 Å². The Balaban J connectivity index is 0.00000253. The molecule has 0 saturated heterocycles. The van der Waals surface area contributed by atoms with Crippen LogP contribution in [0.1, 0.15) is 30.4 Å². The van der Waals surface area contributed by atoms with Gasteiger partial charge in [-0.3, -0.25) is 14.9 Å². The number of ketones is 1. The molecule has 1 amide bonds. The van der Waals surface area contributed by atoms with Crippen LogP contribution in [0.25, 0.3) is 5.57 Å². The number of ether oxygens (including phenoxy) is 1. The number of hydrogen-bond donors (Lipinski definition) is 3. The number of nitrogens with two attached hydrogens (primary N) is 2. The van der Waals surface area contributed by atoms with Gasteiger partial charge in [0.25, 0.3) is 5.91 Å². The fourth-order valence-electron chi connectivity index (χ4n) is 5.04. The number of fused-ring (bicyclic) bond motifs is 1. The van der Waals surface area contributed by atoms with Gasteiger partial charge in [-0.05, 0) is 49.2 Å². The molecule has 0 spiro atoms. The number of Topliss-reactive ketones (excluding diaryl/α,β-unsaturated/α-hetero) is 1. The molecule has 0 fully saturated rings. The van der Waals surface area contributed by atoms with Crippen LogP contribution in [0.5, 0.6) is 5.75 Å². The first-order valence-electron chi connectivity index (χ1n) is 13.8. The van der Waals surface area contributed by atoms with Gasteiger partial charge in [0.05, 0.1) is 25.5 Å². The number of halogens is 2. The summed E-state index contributed by atoms with van der Waals surface area (Å²) < 4.78 is 5.27. The zero-order valence-electron chi connectivity index (χ0n) is 23.9. The van der Waals surface area contributed by atoms with Gasteiger partial charge in [0, 0.05) is 23.9 Å². The van der Waals surface area contributed by atoms with E-state index in [0.29, 0.717) is 43.3 Å². The second-order valence-corrected chi connectivity index (χ2v) is 9.98. The molecule has 3 aromatic rings. The monoisotopic (exact) mass is 625 g/mol. The molecular formula is C31H37Cl2N7O3. The number of methoxy groups -OCH3 is 1. The number of nitrogens with one attached hydrogen (secondary N) is 1. The van der Waals surface area contributed by atoms with E-state index in [9.17, 15) is 9.59 Å². The second kappa shape index (κ2) is 15.6. The third-order valence-corrected chi connectivity index (χ3v) is 7.25. The maximum atomic E-state index is 13.8. The van der Waals surface area contributed by atoms with Gasteiger partial charge in [-0.1, -0.05) is 55.0 Å². The Morgan fingerprint density at radius 3 is 2.58 bits per heavy atom. The Kier molecular flexibility index (Phi) is 12.2. The molecule has 5 rings (SSSR count). The number of carbonyl (C=O) groups excluding carboxylic acids is 2. The predicted molar refractivity (Wildman–Crippen MR) is 174 cm³/mol. The molecule has 1 aliphatic heterocycles. The Morgan fingerprint density at radius 1 is 1.14 bits per heavy atom. The van der Waals surface area contributed by atoms with Crippen LogP contribution >= 0.6 is 24.8 Å². The minimum Gasteiger partial charge on any atom is -0.497 e. The van der Waals surface area contributed by atoms with E-state index >= 15 is 0 Å². The van der Waals surface area contributed by atoms with Crippen molar-refractivity contribution in [1.29, 1.82) is 0 Å². The van der Waals surface area contributed by atoms with Crippen molar-refractivity contribution in [2.24, 2.45) is 11.5 Å². The molecule has 5 N–H and O–H groups in total. The van der Waals surface area contributed by atoms with Crippen LogP contribution in [0.4, 0.5) is 17.5 Å². The lowest BCUT2D eigenvalue weighted by atomic mass is 9.92. The highest BCUT2D eigenvalue weighted by molar-refractivity contribution is 6.26. The van der Waals surface area contributed by atoms with Crippen LogP contribution in [0.2, 0.25) is 0 Å². The van der Waals surface area contributed by atoms with Crippen LogP contribution < -0.4 is 31.3 Å². The summed E-state index contributed by atoms with van der Waals surface area (Å²) in [5.74, 6) is 1.18. The van der Waals surface area contributed by atoms with E-state index in [2.05, 4.69) is 10.3 Å². The van der Waals surface area contributed by atoms with Gasteiger partial charge in [0.15, 0.2) is 5.78 Å². The Bertz CT molecular complexity index is 1450. The number of rotatable bonds is 10. The molecule has 0 bridgehead atoms. The minimum absolute atomic E-state index is 0. The molecule has 1 unspecified atom stereocenters. The number of nitrogens with zero attached hydrogens (tertiary/aromatic N) is 4. The summed E-state index contributed by atoms with van der Waals surface area (Å²) in [4.78, 5) is 40.3. The van der Waals surface area contributed by atoms with Crippen molar-refractivity contribution in [3.8, 4) is 5.75 Å². The maximum Gasteiger partial charge on any atom is 0.250 e. The van der Waals surface area contributed by atoms with Crippen LogP contribution in [0, 0.1) is 0 Å². The van der Waals surface area contributed by atoms with E-state index in [4.69, 9.17) is 21.2 Å². The molecule has 1 aromatic heterocycles. The van der Waals surface area contributed by atoms with Crippen molar-refractivity contribution in [2.45, 2.75) is 37.9 Å². The third-order valence-electron chi connectivity index (χ3n) is 7.25. The molecule has 2 aliphatic rings. The number of amides is 1. The average molecular weight is 627 g/mol.